The molecule has 12 aromatic carbocycles. The molecule has 1 aliphatic carbocycles. The molecular formula is C83H54N2. The van der Waals surface area contributed by atoms with Crippen LogP contribution in [0.2, 0.25) is 0 Å². The molecule has 0 fully saturated rings. The van der Waals surface area contributed by atoms with E-state index in [4.69, 9.17) is 25.7 Å². The van der Waals surface area contributed by atoms with E-state index < -0.39 is 0 Å². The Morgan fingerprint density at radius 2 is 0.765 bits per heavy atom. The van der Waals surface area contributed by atoms with Crippen LogP contribution in [0.15, 0.2) is 267 Å². The highest BCUT2D eigenvalue weighted by atomic mass is 15.1. The summed E-state index contributed by atoms with van der Waals surface area (Å²) in [5.41, 5.74) is 26.5. The van der Waals surface area contributed by atoms with Crippen molar-refractivity contribution in [3.63, 3.8) is 0 Å². The summed E-state index contributed by atoms with van der Waals surface area (Å²) in [6.07, 6.45) is 24.6. The van der Waals surface area contributed by atoms with Crippen LogP contribution in [0.4, 0.5) is 17.1 Å². The van der Waals surface area contributed by atoms with Crippen molar-refractivity contribution >= 4 is 38.9 Å². The molecule has 2 nitrogen and oxygen atoms in total. The maximum atomic E-state index is 6.25. The molecule has 396 valence electrons. The minimum atomic E-state index is -0.343. The van der Waals surface area contributed by atoms with Crippen LogP contribution in [0.5, 0.6) is 0 Å². The molecule has 0 N–H and O–H groups in total. The average Bonchev–Trinajstić information content (AvgIpc) is 2.04. The maximum absolute atomic E-state index is 6.25. The molecule has 1 aliphatic rings. The van der Waals surface area contributed by atoms with Crippen molar-refractivity contribution in [1.82, 2.24) is 4.57 Å². The van der Waals surface area contributed by atoms with Crippen molar-refractivity contribution in [3.8, 4) is 133 Å². The molecule has 14 rings (SSSR count). The number of hydrogen-bond donors (Lipinski definition) is 0. The minimum absolute atomic E-state index is 0.343. The Balaban J connectivity index is 0.844. The average molecular weight is 1080 g/mol. The van der Waals surface area contributed by atoms with Crippen molar-refractivity contribution in [1.29, 1.82) is 0 Å². The van der Waals surface area contributed by atoms with Gasteiger partial charge in [0.05, 0.1) is 11.0 Å². The standard InChI is InChI=1S/C83H54N2/c1-7-55-25-20-32-70(68(55)9-3)75-34-22-35-76(71-33-21-26-56(8-2)69(71)10-4)82(75)63-28-19-27-60(51-63)62-41-48-72-73-49-47-67(54-79(73)83(5,6)78(72)53-62)84(65-43-37-58(38-44-65)57-23-13-11-14-24-57)66-45-39-59(40-46-66)61-42-50-81-77(52-61)74-31-17-18-36-80(74)85(81)64-29-15-12-16-30-64/h1-4,11-54H,5-6H3. The number of terminal acetylenes is 4. The maximum Gasteiger partial charge on any atom is 0.0541 e. The van der Waals surface area contributed by atoms with E-state index in [1.165, 1.54) is 60.8 Å². The molecule has 0 atom stereocenters. The third-order valence-electron chi connectivity index (χ3n) is 17.2. The highest BCUT2D eigenvalue weighted by molar-refractivity contribution is 6.10. The summed E-state index contributed by atoms with van der Waals surface area (Å²) in [6.45, 7) is 4.71. The van der Waals surface area contributed by atoms with Gasteiger partial charge in [0, 0.05) is 61.2 Å². The van der Waals surface area contributed by atoms with Crippen LogP contribution in [0.25, 0.3) is 105 Å². The zero-order chi connectivity index (χ0) is 57.8. The van der Waals surface area contributed by atoms with Crippen LogP contribution in [0, 0.1) is 49.4 Å². The quantitative estimate of drug-likeness (QED) is 0.124. The lowest BCUT2D eigenvalue weighted by Gasteiger charge is -2.28. The molecule has 0 unspecified atom stereocenters. The third kappa shape index (κ3) is 8.78. The van der Waals surface area contributed by atoms with Crippen LogP contribution < -0.4 is 4.90 Å². The molecular weight excluding hydrogens is 1020 g/mol. The van der Waals surface area contributed by atoms with E-state index in [0.29, 0.717) is 22.3 Å². The Morgan fingerprint density at radius 1 is 0.318 bits per heavy atom. The number of benzene rings is 12. The van der Waals surface area contributed by atoms with Gasteiger partial charge in [-0.05, 0) is 180 Å². The molecule has 0 saturated heterocycles. The summed E-state index contributed by atoms with van der Waals surface area (Å²) in [5.74, 6) is 11.5. The fourth-order valence-electron chi connectivity index (χ4n) is 13.0. The summed E-state index contributed by atoms with van der Waals surface area (Å²) in [5, 5.41) is 2.46. The zero-order valence-corrected chi connectivity index (χ0v) is 47.1. The highest BCUT2D eigenvalue weighted by Gasteiger charge is 2.36. The van der Waals surface area contributed by atoms with E-state index in [0.717, 1.165) is 72.8 Å². The first-order chi connectivity index (χ1) is 41.7. The van der Waals surface area contributed by atoms with Gasteiger partial charge >= 0.3 is 0 Å². The molecule has 0 bridgehead atoms. The number of nitrogens with zero attached hydrogens (tertiary/aromatic N) is 2. The van der Waals surface area contributed by atoms with Crippen molar-refractivity contribution < 1.29 is 0 Å². The minimum Gasteiger partial charge on any atom is -0.310 e. The SMILES string of the molecule is C#Cc1cccc(-c2cccc(-c3cccc(C#C)c3C#C)c2-c2cccc(-c3ccc4c(c3)C(C)(C)c3cc(N(c5ccc(-c6ccccc6)cc5)c5ccc(-c6ccc7c(c6)c6ccccc6n7-c6ccccc6)cc5)ccc3-4)c2)c1C#C. The summed E-state index contributed by atoms with van der Waals surface area (Å²) in [4.78, 5) is 2.39. The summed E-state index contributed by atoms with van der Waals surface area (Å²) in [7, 11) is 0. The predicted molar refractivity (Wildman–Crippen MR) is 357 cm³/mol. The van der Waals surface area contributed by atoms with Crippen LogP contribution in [0.3, 0.4) is 0 Å². The first-order valence-electron chi connectivity index (χ1n) is 28.6. The number of para-hydroxylation sites is 2. The summed E-state index contributed by atoms with van der Waals surface area (Å²) in [6, 6.07) is 95.5. The van der Waals surface area contributed by atoms with E-state index in [1.807, 2.05) is 42.5 Å². The van der Waals surface area contributed by atoms with Gasteiger partial charge in [-0.3, -0.25) is 0 Å². The molecule has 0 spiro atoms. The smallest absolute Gasteiger partial charge is 0.0541 e. The summed E-state index contributed by atoms with van der Waals surface area (Å²) < 4.78 is 2.36. The predicted octanol–water partition coefficient (Wildman–Crippen LogP) is 20.5. The van der Waals surface area contributed by atoms with Crippen molar-refractivity contribution in [2.75, 3.05) is 4.90 Å². The molecule has 85 heavy (non-hydrogen) atoms. The molecule has 1 aromatic heterocycles. The molecule has 13 aromatic rings. The van der Waals surface area contributed by atoms with Crippen LogP contribution in [-0.4, -0.2) is 4.57 Å². The second-order valence-corrected chi connectivity index (χ2v) is 22.2. The number of aromatic nitrogens is 1. The van der Waals surface area contributed by atoms with Gasteiger partial charge in [-0.2, -0.15) is 0 Å². The van der Waals surface area contributed by atoms with E-state index in [-0.39, 0.29) is 5.41 Å². The zero-order valence-electron chi connectivity index (χ0n) is 47.1. The molecule has 1 heterocycles. The Kier molecular flexibility index (Phi) is 12.8. The lowest BCUT2D eigenvalue weighted by atomic mass is 9.81. The third-order valence-corrected chi connectivity index (χ3v) is 17.2. The Morgan fingerprint density at radius 3 is 1.40 bits per heavy atom. The molecule has 2 heteroatoms. The van der Waals surface area contributed by atoms with Crippen molar-refractivity contribution in [2.45, 2.75) is 19.3 Å². The van der Waals surface area contributed by atoms with Gasteiger partial charge in [0.15, 0.2) is 0 Å². The van der Waals surface area contributed by atoms with Gasteiger partial charge in [0.2, 0.25) is 0 Å². The van der Waals surface area contributed by atoms with E-state index >= 15 is 0 Å². The fraction of sp³-hybridized carbons (Fsp3) is 0.0361. The van der Waals surface area contributed by atoms with Gasteiger partial charge in [-0.15, -0.1) is 25.7 Å². The lowest BCUT2D eigenvalue weighted by Crippen LogP contribution is -2.16. The monoisotopic (exact) mass is 1080 g/mol. The van der Waals surface area contributed by atoms with Crippen LogP contribution in [0.1, 0.15) is 47.2 Å². The Hall–Kier alpha value is -11.5. The number of fused-ring (bicyclic) bond motifs is 6. The number of rotatable bonds is 10. The first kappa shape index (κ1) is 51.6. The second kappa shape index (κ2) is 21.1. The van der Waals surface area contributed by atoms with Gasteiger partial charge < -0.3 is 9.47 Å². The van der Waals surface area contributed by atoms with E-state index in [2.05, 4.69) is 271 Å². The van der Waals surface area contributed by atoms with E-state index in [1.54, 1.807) is 0 Å². The Bertz CT molecular complexity index is 4890. The lowest BCUT2D eigenvalue weighted by molar-refractivity contribution is 0.660. The van der Waals surface area contributed by atoms with Crippen LogP contribution in [-0.2, 0) is 5.41 Å². The highest BCUT2D eigenvalue weighted by Crippen LogP contribution is 2.52. The van der Waals surface area contributed by atoms with E-state index in [9.17, 15) is 0 Å². The first-order valence-corrected chi connectivity index (χ1v) is 28.6. The normalized spacial score (nSPS) is 11.9. The fourth-order valence-corrected chi connectivity index (χ4v) is 13.0. The van der Waals surface area contributed by atoms with Gasteiger partial charge in [0.1, 0.15) is 0 Å². The van der Waals surface area contributed by atoms with Gasteiger partial charge in [0.25, 0.3) is 0 Å². The largest absolute Gasteiger partial charge is 0.310 e. The van der Waals surface area contributed by atoms with Crippen LogP contribution >= 0.6 is 0 Å². The molecule has 0 amide bonds. The second-order valence-electron chi connectivity index (χ2n) is 22.2. The summed E-state index contributed by atoms with van der Waals surface area (Å²) >= 11 is 0. The van der Waals surface area contributed by atoms with Gasteiger partial charge in [-0.1, -0.05) is 213 Å². The molecule has 0 saturated carbocycles. The van der Waals surface area contributed by atoms with Crippen molar-refractivity contribution in [2.24, 2.45) is 0 Å². The van der Waals surface area contributed by atoms with Gasteiger partial charge in [-0.25, -0.2) is 0 Å². The number of anilines is 3. The molecule has 0 radical (unpaired) electrons. The molecule has 0 aliphatic heterocycles. The Labute approximate surface area is 498 Å². The topological polar surface area (TPSA) is 8.17 Å². The number of hydrogen-bond acceptors (Lipinski definition) is 1. The van der Waals surface area contributed by atoms with Crippen molar-refractivity contribution in [3.05, 3.63) is 300 Å².